The van der Waals surface area contributed by atoms with Crippen LogP contribution in [0, 0.1) is 5.92 Å². The van der Waals surface area contributed by atoms with E-state index in [-0.39, 0.29) is 18.2 Å². The Morgan fingerprint density at radius 1 is 1.00 bits per heavy atom. The predicted molar refractivity (Wildman–Crippen MR) is 140 cm³/mol. The molecule has 2 fully saturated rings. The molecule has 2 aliphatic carbocycles. The predicted octanol–water partition coefficient (Wildman–Crippen LogP) is 7.36. The second-order valence-electron chi connectivity index (χ2n) is 11.0. The summed E-state index contributed by atoms with van der Waals surface area (Å²) in [6.07, 6.45) is 5.67. The number of hydrogen-bond acceptors (Lipinski definition) is 5. The third-order valence-electron chi connectivity index (χ3n) is 6.99. The number of Topliss-reactive ketones (excluding diaryl/α,β-unsaturated/α-hetero) is 1. The van der Waals surface area contributed by atoms with E-state index >= 15 is 0 Å². The van der Waals surface area contributed by atoms with Gasteiger partial charge in [0.1, 0.15) is 11.3 Å². The van der Waals surface area contributed by atoms with Crippen LogP contribution in [-0.4, -0.2) is 22.5 Å². The van der Waals surface area contributed by atoms with E-state index in [9.17, 15) is 9.59 Å². The monoisotopic (exact) mass is 490 g/mol. The van der Waals surface area contributed by atoms with Crippen LogP contribution in [0.3, 0.4) is 0 Å². The number of ketones is 1. The number of amides is 1. The van der Waals surface area contributed by atoms with Crippen LogP contribution in [0.2, 0.25) is 0 Å². The molecule has 35 heavy (non-hydrogen) atoms. The van der Waals surface area contributed by atoms with Crippen LogP contribution in [0.15, 0.2) is 42.5 Å². The van der Waals surface area contributed by atoms with Gasteiger partial charge < -0.3 is 10.1 Å². The van der Waals surface area contributed by atoms with E-state index in [1.165, 1.54) is 15.0 Å². The molecule has 0 atom stereocenters. The molecule has 1 amide bonds. The third-order valence-corrected chi connectivity index (χ3v) is 8.27. The molecular formula is C29H34N2O3S. The molecule has 1 N–H and O–H groups in total. The Hall–Kier alpha value is -2.73. The van der Waals surface area contributed by atoms with Crippen LogP contribution in [0.25, 0.3) is 10.1 Å². The molecule has 1 aromatic carbocycles. The lowest BCUT2D eigenvalue weighted by molar-refractivity contribution is 0.0523. The fourth-order valence-corrected chi connectivity index (χ4v) is 6.28. The summed E-state index contributed by atoms with van der Waals surface area (Å²) in [5, 5.41) is 4.09. The highest BCUT2D eigenvalue weighted by atomic mass is 32.1. The summed E-state index contributed by atoms with van der Waals surface area (Å²) in [4.78, 5) is 31.9. The number of nitrogens with zero attached hydrogens (tertiary/aromatic N) is 1. The lowest BCUT2D eigenvalue weighted by Crippen LogP contribution is -2.32. The number of ether oxygens (including phenoxy) is 1. The Bertz CT molecular complexity index is 1200. The first kappa shape index (κ1) is 24.0. The summed E-state index contributed by atoms with van der Waals surface area (Å²) in [5.41, 5.74) is 1.86. The van der Waals surface area contributed by atoms with Crippen molar-refractivity contribution in [2.24, 2.45) is 5.92 Å². The Labute approximate surface area is 211 Å². The van der Waals surface area contributed by atoms with Gasteiger partial charge in [-0.25, -0.2) is 9.78 Å². The smallest absolute Gasteiger partial charge is 0.407 e. The summed E-state index contributed by atoms with van der Waals surface area (Å²) >= 11 is 1.90. The van der Waals surface area contributed by atoms with Gasteiger partial charge in [-0.1, -0.05) is 24.3 Å². The number of fused-ring (bicyclic) bond motifs is 1. The molecule has 2 heterocycles. The number of rotatable bonds is 6. The second kappa shape index (κ2) is 9.73. The highest BCUT2D eigenvalue weighted by Gasteiger charge is 2.34. The zero-order chi connectivity index (χ0) is 24.6. The number of benzene rings is 1. The summed E-state index contributed by atoms with van der Waals surface area (Å²) in [6.45, 7) is 5.75. The van der Waals surface area contributed by atoms with E-state index < -0.39 is 11.7 Å². The normalized spacial score (nSPS) is 20.5. The summed E-state index contributed by atoms with van der Waals surface area (Å²) < 4.78 is 6.67. The minimum atomic E-state index is -0.552. The van der Waals surface area contributed by atoms with Gasteiger partial charge >= 0.3 is 6.09 Å². The van der Waals surface area contributed by atoms with Crippen molar-refractivity contribution in [2.75, 3.05) is 0 Å². The molecule has 6 heteroatoms. The highest BCUT2D eigenvalue weighted by Crippen LogP contribution is 2.44. The van der Waals surface area contributed by atoms with Crippen LogP contribution >= 0.6 is 11.3 Å². The molecule has 0 radical (unpaired) electrons. The average Bonchev–Trinajstić information content (AvgIpc) is 3.59. The lowest BCUT2D eigenvalue weighted by Gasteiger charge is -2.27. The number of carbonyl (C=O) groups is 2. The first-order chi connectivity index (χ1) is 16.8. The van der Waals surface area contributed by atoms with Gasteiger partial charge in [-0.2, -0.15) is 0 Å². The van der Waals surface area contributed by atoms with Crippen molar-refractivity contribution in [2.45, 2.75) is 83.3 Å². The van der Waals surface area contributed by atoms with Crippen molar-refractivity contribution in [3.8, 4) is 0 Å². The topological polar surface area (TPSA) is 68.3 Å². The molecule has 2 saturated carbocycles. The SMILES string of the molecule is CC(C)(C)OC(=O)NCc1ccc(C2CC2)c(C(=O)C2CCC(c3cc4ccccc4s3)CC2)n1. The number of aromatic nitrogens is 1. The molecule has 3 aromatic rings. The molecule has 0 unspecified atom stereocenters. The van der Waals surface area contributed by atoms with Gasteiger partial charge in [0.2, 0.25) is 0 Å². The number of thiophene rings is 1. The number of hydrogen-bond donors (Lipinski definition) is 1. The molecular weight excluding hydrogens is 456 g/mol. The van der Waals surface area contributed by atoms with Crippen molar-refractivity contribution in [1.29, 1.82) is 0 Å². The van der Waals surface area contributed by atoms with E-state index in [4.69, 9.17) is 9.72 Å². The maximum absolute atomic E-state index is 13.6. The van der Waals surface area contributed by atoms with Crippen molar-refractivity contribution in [1.82, 2.24) is 10.3 Å². The molecule has 0 aliphatic heterocycles. The van der Waals surface area contributed by atoms with Gasteiger partial charge in [0.25, 0.3) is 0 Å². The van der Waals surface area contributed by atoms with Crippen LogP contribution in [0.4, 0.5) is 4.79 Å². The van der Waals surface area contributed by atoms with Crippen molar-refractivity contribution in [3.05, 3.63) is 64.3 Å². The molecule has 2 aromatic heterocycles. The standard InChI is InChI=1S/C29H34N2O3S/c1-29(2,3)34-28(33)30-17-22-14-15-23(18-8-9-18)26(31-22)27(32)20-12-10-19(11-13-20)25-16-21-6-4-5-7-24(21)35-25/h4-7,14-16,18-20H,8-13,17H2,1-3H3,(H,30,33). The van der Waals surface area contributed by atoms with E-state index in [2.05, 4.69) is 35.6 Å². The number of pyridine rings is 1. The van der Waals surface area contributed by atoms with Gasteiger partial charge in [0, 0.05) is 15.5 Å². The van der Waals surface area contributed by atoms with E-state index in [0.29, 0.717) is 23.2 Å². The minimum Gasteiger partial charge on any atom is -0.444 e. The Balaban J connectivity index is 1.26. The van der Waals surface area contributed by atoms with Crippen LogP contribution in [0.1, 0.15) is 97.8 Å². The van der Waals surface area contributed by atoms with E-state index in [1.807, 2.05) is 44.2 Å². The van der Waals surface area contributed by atoms with Crippen molar-refractivity contribution >= 4 is 33.3 Å². The Morgan fingerprint density at radius 3 is 2.40 bits per heavy atom. The van der Waals surface area contributed by atoms with Crippen LogP contribution in [0.5, 0.6) is 0 Å². The molecule has 184 valence electrons. The van der Waals surface area contributed by atoms with Gasteiger partial charge in [-0.05, 0) is 100 Å². The first-order valence-corrected chi connectivity index (χ1v) is 13.6. The largest absolute Gasteiger partial charge is 0.444 e. The fourth-order valence-electron chi connectivity index (χ4n) is 5.04. The Morgan fingerprint density at radius 2 is 1.71 bits per heavy atom. The third kappa shape index (κ3) is 5.75. The molecule has 0 bridgehead atoms. The van der Waals surface area contributed by atoms with Crippen LogP contribution in [-0.2, 0) is 11.3 Å². The Kier molecular flexibility index (Phi) is 6.67. The maximum Gasteiger partial charge on any atom is 0.407 e. The maximum atomic E-state index is 13.6. The molecule has 0 spiro atoms. The highest BCUT2D eigenvalue weighted by molar-refractivity contribution is 7.19. The van der Waals surface area contributed by atoms with E-state index in [1.54, 1.807) is 0 Å². The molecule has 5 nitrogen and oxygen atoms in total. The van der Waals surface area contributed by atoms with Crippen LogP contribution < -0.4 is 5.32 Å². The van der Waals surface area contributed by atoms with Gasteiger partial charge in [-0.3, -0.25) is 4.79 Å². The second-order valence-corrected chi connectivity index (χ2v) is 12.1. The van der Waals surface area contributed by atoms with Crippen molar-refractivity contribution in [3.63, 3.8) is 0 Å². The summed E-state index contributed by atoms with van der Waals surface area (Å²) in [5.74, 6) is 1.20. The molecule has 2 aliphatic rings. The summed E-state index contributed by atoms with van der Waals surface area (Å²) in [6, 6.07) is 14.9. The molecule has 5 rings (SSSR count). The lowest BCUT2D eigenvalue weighted by atomic mass is 9.78. The first-order valence-electron chi connectivity index (χ1n) is 12.8. The zero-order valence-corrected chi connectivity index (χ0v) is 21.6. The van der Waals surface area contributed by atoms with E-state index in [0.717, 1.165) is 44.1 Å². The average molecular weight is 491 g/mol. The fraction of sp³-hybridized carbons (Fsp3) is 0.483. The molecule has 0 saturated heterocycles. The minimum absolute atomic E-state index is 0.0275. The number of nitrogens with one attached hydrogen (secondary N) is 1. The quantitative estimate of drug-likeness (QED) is 0.367. The van der Waals surface area contributed by atoms with Gasteiger partial charge in [0.05, 0.1) is 12.2 Å². The number of carbonyl (C=O) groups excluding carboxylic acids is 2. The summed E-state index contributed by atoms with van der Waals surface area (Å²) in [7, 11) is 0. The van der Waals surface area contributed by atoms with Crippen molar-refractivity contribution < 1.29 is 14.3 Å². The van der Waals surface area contributed by atoms with Gasteiger partial charge in [-0.15, -0.1) is 11.3 Å². The number of alkyl carbamates (subject to hydrolysis) is 1. The zero-order valence-electron chi connectivity index (χ0n) is 20.8. The van der Waals surface area contributed by atoms with Gasteiger partial charge in [0.15, 0.2) is 5.78 Å².